The number of hydrogen-bond acceptors (Lipinski definition) is 4. The van der Waals surface area contributed by atoms with E-state index >= 15 is 0 Å². The fourth-order valence-corrected chi connectivity index (χ4v) is 4.00. The normalized spacial score (nSPS) is 18.3. The van der Waals surface area contributed by atoms with E-state index in [0.29, 0.717) is 28.8 Å². The lowest BCUT2D eigenvalue weighted by atomic mass is 9.81. The number of amides is 2. The van der Waals surface area contributed by atoms with E-state index in [1.165, 1.54) is 6.08 Å². The molecule has 1 aromatic heterocycles. The maximum absolute atomic E-state index is 12.7. The number of carbonyl (C=O) groups is 3. The molecule has 1 fully saturated rings. The fourth-order valence-electron chi connectivity index (χ4n) is 3.65. The Morgan fingerprint density at radius 2 is 1.90 bits per heavy atom. The lowest BCUT2D eigenvalue weighted by Gasteiger charge is -2.28. The number of ketones is 1. The first-order valence-corrected chi connectivity index (χ1v) is 10.7. The van der Waals surface area contributed by atoms with Crippen LogP contribution in [0.2, 0.25) is 0 Å². The van der Waals surface area contributed by atoms with Crippen LogP contribution >= 0.6 is 15.9 Å². The van der Waals surface area contributed by atoms with E-state index in [1.54, 1.807) is 30.3 Å². The van der Waals surface area contributed by atoms with Crippen molar-refractivity contribution >= 4 is 39.2 Å². The molecule has 0 saturated heterocycles. The summed E-state index contributed by atoms with van der Waals surface area (Å²) in [5, 5.41) is 5.71. The van der Waals surface area contributed by atoms with Crippen LogP contribution in [0.4, 0.5) is 5.69 Å². The Bertz CT molecular complexity index is 943. The monoisotopic (exact) mass is 469 g/mol. The molecule has 30 heavy (non-hydrogen) atoms. The van der Waals surface area contributed by atoms with Crippen LogP contribution < -0.4 is 10.6 Å². The van der Waals surface area contributed by atoms with Crippen molar-refractivity contribution in [2.24, 2.45) is 5.92 Å². The van der Waals surface area contributed by atoms with Gasteiger partial charge in [0, 0.05) is 24.1 Å². The van der Waals surface area contributed by atoms with E-state index in [-0.39, 0.29) is 29.6 Å². The minimum absolute atomic E-state index is 0.0300. The number of halogens is 1. The summed E-state index contributed by atoms with van der Waals surface area (Å²) < 4.78 is 0.595. The molecule has 156 valence electrons. The van der Waals surface area contributed by atoms with Gasteiger partial charge in [-0.05, 0) is 71.1 Å². The molecule has 0 unspecified atom stereocenters. The van der Waals surface area contributed by atoms with Crippen LogP contribution in [0.25, 0.3) is 0 Å². The first-order chi connectivity index (χ1) is 14.4. The van der Waals surface area contributed by atoms with Gasteiger partial charge in [0.15, 0.2) is 0 Å². The molecular weight excluding hydrogens is 446 g/mol. The van der Waals surface area contributed by atoms with Crippen molar-refractivity contribution in [2.45, 2.75) is 38.1 Å². The Hall–Kier alpha value is -2.80. The number of hydrogen-bond donors (Lipinski definition) is 2. The largest absolute Gasteiger partial charge is 0.350 e. The maximum atomic E-state index is 12.7. The fraction of sp³-hybridized carbons (Fsp3) is 0.304. The molecule has 0 spiro atoms. The highest BCUT2D eigenvalue weighted by atomic mass is 79.9. The zero-order chi connectivity index (χ0) is 21.5. The molecule has 2 atom stereocenters. The molecule has 2 amide bonds. The molecule has 1 aromatic carbocycles. The number of anilines is 1. The maximum Gasteiger partial charge on any atom is 0.274 e. The lowest BCUT2D eigenvalue weighted by Crippen LogP contribution is -2.39. The first-order valence-electron chi connectivity index (χ1n) is 9.93. The lowest BCUT2D eigenvalue weighted by molar-refractivity contribution is -0.124. The zero-order valence-corrected chi connectivity index (χ0v) is 18.2. The van der Waals surface area contributed by atoms with Crippen molar-refractivity contribution in [1.29, 1.82) is 0 Å². The average molecular weight is 470 g/mol. The summed E-state index contributed by atoms with van der Waals surface area (Å²) in [6, 6.07) is 12.4. The Labute approximate surface area is 184 Å². The smallest absolute Gasteiger partial charge is 0.274 e. The summed E-state index contributed by atoms with van der Waals surface area (Å²) in [7, 11) is 0. The van der Waals surface area contributed by atoms with E-state index < -0.39 is 0 Å². The summed E-state index contributed by atoms with van der Waals surface area (Å²) in [6.45, 7) is 3.47. The second-order valence-electron chi connectivity index (χ2n) is 7.41. The Morgan fingerprint density at radius 3 is 2.60 bits per heavy atom. The molecule has 6 nitrogen and oxygen atoms in total. The van der Waals surface area contributed by atoms with Gasteiger partial charge in [0.2, 0.25) is 5.91 Å². The van der Waals surface area contributed by atoms with Crippen LogP contribution in [0, 0.1) is 5.92 Å². The predicted molar refractivity (Wildman–Crippen MR) is 119 cm³/mol. The molecule has 2 N–H and O–H groups in total. The SMILES string of the molecule is C=CC(=O)N[C@H]1CCC[C@@H](C(=O)Cc2ccc(NC(=O)c3cccc(Br)n3)cc2)C1. The summed E-state index contributed by atoms with van der Waals surface area (Å²) in [5.74, 6) is -0.350. The van der Waals surface area contributed by atoms with Crippen molar-refractivity contribution in [1.82, 2.24) is 10.3 Å². The van der Waals surface area contributed by atoms with Crippen molar-refractivity contribution in [2.75, 3.05) is 5.32 Å². The molecule has 3 rings (SSSR count). The Kier molecular flexibility index (Phi) is 7.52. The van der Waals surface area contributed by atoms with Gasteiger partial charge in [0.1, 0.15) is 16.1 Å². The Balaban J connectivity index is 1.54. The van der Waals surface area contributed by atoms with Gasteiger partial charge in [0.25, 0.3) is 5.91 Å². The molecule has 1 aliphatic carbocycles. The van der Waals surface area contributed by atoms with Gasteiger partial charge in [-0.25, -0.2) is 4.98 Å². The van der Waals surface area contributed by atoms with E-state index in [1.807, 2.05) is 12.1 Å². The molecule has 0 radical (unpaired) electrons. The van der Waals surface area contributed by atoms with Crippen molar-refractivity contribution in [3.8, 4) is 0 Å². The molecule has 0 bridgehead atoms. The zero-order valence-electron chi connectivity index (χ0n) is 16.6. The van der Waals surface area contributed by atoms with Gasteiger partial charge in [0.05, 0.1) is 0 Å². The number of Topliss-reactive ketones (excluding diaryl/α,β-unsaturated/α-hetero) is 1. The van der Waals surface area contributed by atoms with Crippen LogP contribution in [0.3, 0.4) is 0 Å². The van der Waals surface area contributed by atoms with E-state index in [2.05, 4.69) is 38.1 Å². The number of nitrogens with zero attached hydrogens (tertiary/aromatic N) is 1. The number of carbonyl (C=O) groups excluding carboxylic acids is 3. The van der Waals surface area contributed by atoms with Crippen LogP contribution in [-0.2, 0) is 16.0 Å². The molecule has 1 heterocycles. The third-order valence-corrected chi connectivity index (χ3v) is 5.64. The van der Waals surface area contributed by atoms with Gasteiger partial charge in [-0.1, -0.05) is 31.2 Å². The topological polar surface area (TPSA) is 88.2 Å². The van der Waals surface area contributed by atoms with Gasteiger partial charge in [-0.15, -0.1) is 0 Å². The number of rotatable bonds is 7. The average Bonchev–Trinajstić information content (AvgIpc) is 2.75. The quantitative estimate of drug-likeness (QED) is 0.472. The minimum Gasteiger partial charge on any atom is -0.350 e. The van der Waals surface area contributed by atoms with Crippen LogP contribution in [0.1, 0.15) is 41.7 Å². The van der Waals surface area contributed by atoms with E-state index in [0.717, 1.165) is 24.8 Å². The molecule has 0 aliphatic heterocycles. The number of nitrogens with one attached hydrogen (secondary N) is 2. The van der Waals surface area contributed by atoms with Crippen LogP contribution in [-0.4, -0.2) is 28.6 Å². The minimum atomic E-state index is -0.296. The summed E-state index contributed by atoms with van der Waals surface area (Å²) >= 11 is 3.25. The number of pyridine rings is 1. The van der Waals surface area contributed by atoms with Crippen molar-refractivity contribution in [3.05, 3.63) is 71.0 Å². The molecule has 7 heteroatoms. The molecular formula is C23H24BrN3O3. The second kappa shape index (κ2) is 10.3. The highest BCUT2D eigenvalue weighted by Gasteiger charge is 2.27. The third kappa shape index (κ3) is 6.10. The summed E-state index contributed by atoms with van der Waals surface area (Å²) in [4.78, 5) is 40.7. The predicted octanol–water partition coefficient (Wildman–Crippen LogP) is 4.07. The molecule has 1 aliphatic rings. The van der Waals surface area contributed by atoms with Crippen LogP contribution in [0.5, 0.6) is 0 Å². The molecule has 2 aromatic rings. The van der Waals surface area contributed by atoms with E-state index in [4.69, 9.17) is 0 Å². The second-order valence-corrected chi connectivity index (χ2v) is 8.23. The van der Waals surface area contributed by atoms with Gasteiger partial charge in [-0.2, -0.15) is 0 Å². The van der Waals surface area contributed by atoms with Gasteiger partial charge >= 0.3 is 0 Å². The number of aromatic nitrogens is 1. The van der Waals surface area contributed by atoms with E-state index in [9.17, 15) is 14.4 Å². The van der Waals surface area contributed by atoms with Crippen molar-refractivity contribution in [3.63, 3.8) is 0 Å². The van der Waals surface area contributed by atoms with Crippen LogP contribution in [0.15, 0.2) is 59.7 Å². The number of benzene rings is 1. The Morgan fingerprint density at radius 1 is 1.13 bits per heavy atom. The first kappa shape index (κ1) is 21.9. The van der Waals surface area contributed by atoms with Gasteiger partial charge in [-0.3, -0.25) is 14.4 Å². The van der Waals surface area contributed by atoms with Crippen molar-refractivity contribution < 1.29 is 14.4 Å². The standard InChI is InChI=1S/C23H24BrN3O3/c1-2-22(29)25-18-6-3-5-16(14-18)20(28)13-15-9-11-17(12-10-15)26-23(30)19-7-4-8-21(24)27-19/h2,4,7-12,16,18H,1,3,5-6,13-14H2,(H,25,29)(H,26,30)/t16-,18+/m1/s1. The summed E-state index contributed by atoms with van der Waals surface area (Å²) in [5.41, 5.74) is 1.86. The third-order valence-electron chi connectivity index (χ3n) is 5.20. The summed E-state index contributed by atoms with van der Waals surface area (Å²) in [6.07, 6.45) is 4.95. The highest BCUT2D eigenvalue weighted by molar-refractivity contribution is 9.10. The van der Waals surface area contributed by atoms with Gasteiger partial charge < -0.3 is 10.6 Å². The highest BCUT2D eigenvalue weighted by Crippen LogP contribution is 2.26. The molecule has 1 saturated carbocycles.